The van der Waals surface area contributed by atoms with Crippen LogP contribution in [0.2, 0.25) is 0 Å². The number of rotatable bonds is 4. The number of fused-ring (bicyclic) bond motifs is 1. The van der Waals surface area contributed by atoms with E-state index in [0.717, 1.165) is 43.0 Å². The standard InChI is InChI=1S/C18H23N7O3/c26-18(14-9-25(24-22-14)12-3-5-19-6-4-12)21-17-13(8-20-23-17)11-1-2-15-16(7-11)28-10-27-15/h1-2,7,9,12-13,17,19-20,23H,3-6,8,10H2,(H,21,26). The van der Waals surface area contributed by atoms with Gasteiger partial charge in [-0.25, -0.2) is 10.1 Å². The molecular formula is C18H23N7O3. The van der Waals surface area contributed by atoms with Crippen LogP contribution in [0.4, 0.5) is 0 Å². The van der Waals surface area contributed by atoms with Gasteiger partial charge in [-0.05, 0) is 43.6 Å². The van der Waals surface area contributed by atoms with Gasteiger partial charge in [0.05, 0.1) is 12.2 Å². The third-order valence-electron chi connectivity index (χ3n) is 5.52. The molecule has 1 aromatic carbocycles. The summed E-state index contributed by atoms with van der Waals surface area (Å²) in [6, 6.07) is 6.16. The lowest BCUT2D eigenvalue weighted by atomic mass is 9.97. The maximum atomic E-state index is 12.7. The fourth-order valence-electron chi connectivity index (χ4n) is 3.93. The van der Waals surface area contributed by atoms with Crippen LogP contribution in [-0.4, -0.2) is 53.5 Å². The minimum absolute atomic E-state index is 0.0536. The molecule has 2 saturated heterocycles. The van der Waals surface area contributed by atoms with Crippen molar-refractivity contribution >= 4 is 5.91 Å². The molecule has 2 aromatic rings. The maximum absolute atomic E-state index is 12.7. The smallest absolute Gasteiger partial charge is 0.274 e. The highest BCUT2D eigenvalue weighted by Crippen LogP contribution is 2.35. The summed E-state index contributed by atoms with van der Waals surface area (Å²) in [6.07, 6.45) is 3.45. The minimum Gasteiger partial charge on any atom is -0.454 e. The van der Waals surface area contributed by atoms with Gasteiger partial charge in [-0.3, -0.25) is 10.2 Å². The Bertz CT molecular complexity index is 865. The van der Waals surface area contributed by atoms with Crippen molar-refractivity contribution in [1.29, 1.82) is 0 Å². The Morgan fingerprint density at radius 2 is 2.07 bits per heavy atom. The Hall–Kier alpha value is -2.69. The summed E-state index contributed by atoms with van der Waals surface area (Å²) in [6.45, 7) is 2.85. The first-order chi connectivity index (χ1) is 13.8. The summed E-state index contributed by atoms with van der Waals surface area (Å²) in [4.78, 5) is 12.7. The number of hydrogen-bond acceptors (Lipinski definition) is 8. The highest BCUT2D eigenvalue weighted by Gasteiger charge is 2.31. The van der Waals surface area contributed by atoms with Crippen LogP contribution in [0.25, 0.3) is 0 Å². The Labute approximate surface area is 161 Å². The van der Waals surface area contributed by atoms with Gasteiger partial charge in [-0.1, -0.05) is 11.3 Å². The Kier molecular flexibility index (Phi) is 4.59. The van der Waals surface area contributed by atoms with Gasteiger partial charge in [0.15, 0.2) is 17.2 Å². The molecule has 1 amide bonds. The molecule has 5 rings (SSSR count). The molecule has 2 atom stereocenters. The second-order valence-corrected chi connectivity index (χ2v) is 7.26. The summed E-state index contributed by atoms with van der Waals surface area (Å²) in [5, 5.41) is 14.6. The second-order valence-electron chi connectivity index (χ2n) is 7.26. The average Bonchev–Trinajstić information content (AvgIpc) is 3.48. The summed E-state index contributed by atoms with van der Waals surface area (Å²) in [5.41, 5.74) is 7.63. The van der Waals surface area contributed by atoms with Crippen molar-refractivity contribution in [1.82, 2.24) is 36.5 Å². The molecule has 1 aromatic heterocycles. The summed E-state index contributed by atoms with van der Waals surface area (Å²) >= 11 is 0. The molecule has 148 valence electrons. The number of piperidine rings is 1. The molecule has 2 fully saturated rings. The van der Waals surface area contributed by atoms with E-state index in [4.69, 9.17) is 9.47 Å². The fourth-order valence-corrected chi connectivity index (χ4v) is 3.93. The van der Waals surface area contributed by atoms with Gasteiger partial charge in [0.25, 0.3) is 5.91 Å². The lowest BCUT2D eigenvalue weighted by Crippen LogP contribution is -2.46. The quantitative estimate of drug-likeness (QED) is 0.576. The zero-order chi connectivity index (χ0) is 18.9. The van der Waals surface area contributed by atoms with Gasteiger partial charge in [-0.15, -0.1) is 5.10 Å². The number of amides is 1. The normalized spacial score (nSPS) is 24.4. The number of ether oxygens (including phenoxy) is 2. The number of aromatic nitrogens is 3. The van der Waals surface area contributed by atoms with Crippen molar-refractivity contribution in [3.05, 3.63) is 35.7 Å². The SMILES string of the molecule is O=C(NC1NNCC1c1ccc2c(c1)OCO2)c1cn(C2CCNCC2)nn1. The zero-order valence-corrected chi connectivity index (χ0v) is 15.4. The molecule has 4 heterocycles. The molecule has 0 bridgehead atoms. The highest BCUT2D eigenvalue weighted by molar-refractivity contribution is 5.92. The monoisotopic (exact) mass is 385 g/mol. The predicted octanol–water partition coefficient (Wildman–Crippen LogP) is -0.121. The van der Waals surface area contributed by atoms with E-state index in [2.05, 4.69) is 31.8 Å². The van der Waals surface area contributed by atoms with Crippen LogP contribution in [0.5, 0.6) is 11.5 Å². The second kappa shape index (κ2) is 7.38. The van der Waals surface area contributed by atoms with E-state index in [0.29, 0.717) is 18.3 Å². The van der Waals surface area contributed by atoms with Gasteiger partial charge in [-0.2, -0.15) is 0 Å². The van der Waals surface area contributed by atoms with Crippen LogP contribution < -0.4 is 31.0 Å². The molecule has 3 aliphatic heterocycles. The van der Waals surface area contributed by atoms with Crippen LogP contribution in [-0.2, 0) is 0 Å². The highest BCUT2D eigenvalue weighted by atomic mass is 16.7. The molecule has 0 aliphatic carbocycles. The van der Waals surface area contributed by atoms with Crippen LogP contribution in [0.15, 0.2) is 24.4 Å². The Morgan fingerprint density at radius 3 is 2.96 bits per heavy atom. The number of carbonyl (C=O) groups excluding carboxylic acids is 1. The third kappa shape index (κ3) is 3.30. The molecule has 4 N–H and O–H groups in total. The van der Waals surface area contributed by atoms with Crippen molar-refractivity contribution < 1.29 is 14.3 Å². The topological polar surface area (TPSA) is 114 Å². The van der Waals surface area contributed by atoms with Gasteiger partial charge in [0.2, 0.25) is 6.79 Å². The number of nitrogens with one attached hydrogen (secondary N) is 4. The number of nitrogens with zero attached hydrogens (tertiary/aromatic N) is 3. The molecule has 2 unspecified atom stereocenters. The molecule has 10 nitrogen and oxygen atoms in total. The first-order valence-electron chi connectivity index (χ1n) is 9.59. The number of hydrogen-bond donors (Lipinski definition) is 4. The summed E-state index contributed by atoms with van der Waals surface area (Å²) < 4.78 is 12.7. The first kappa shape index (κ1) is 17.4. The van der Waals surface area contributed by atoms with Gasteiger partial charge >= 0.3 is 0 Å². The van der Waals surface area contributed by atoms with Gasteiger partial charge in [0.1, 0.15) is 6.17 Å². The lowest BCUT2D eigenvalue weighted by Gasteiger charge is -2.22. The zero-order valence-electron chi connectivity index (χ0n) is 15.4. The average molecular weight is 385 g/mol. The molecule has 10 heteroatoms. The molecule has 0 spiro atoms. The van der Waals surface area contributed by atoms with Crippen LogP contribution >= 0.6 is 0 Å². The number of carbonyl (C=O) groups is 1. The van der Waals surface area contributed by atoms with Crippen LogP contribution in [0.3, 0.4) is 0 Å². The predicted molar refractivity (Wildman–Crippen MR) is 98.9 cm³/mol. The molecule has 28 heavy (non-hydrogen) atoms. The fraction of sp³-hybridized carbons (Fsp3) is 0.500. The van der Waals surface area contributed by atoms with E-state index < -0.39 is 0 Å². The van der Waals surface area contributed by atoms with Crippen molar-refractivity contribution in [2.75, 3.05) is 26.4 Å². The van der Waals surface area contributed by atoms with Crippen molar-refractivity contribution in [3.8, 4) is 11.5 Å². The van der Waals surface area contributed by atoms with Gasteiger partial charge < -0.3 is 20.1 Å². The van der Waals surface area contributed by atoms with E-state index in [1.165, 1.54) is 0 Å². The van der Waals surface area contributed by atoms with E-state index in [-0.39, 0.29) is 24.8 Å². The van der Waals surface area contributed by atoms with Crippen LogP contribution in [0, 0.1) is 0 Å². The van der Waals surface area contributed by atoms with E-state index in [1.807, 2.05) is 22.9 Å². The van der Waals surface area contributed by atoms with E-state index in [9.17, 15) is 4.79 Å². The van der Waals surface area contributed by atoms with Crippen molar-refractivity contribution in [2.45, 2.75) is 31.0 Å². The number of hydrazine groups is 1. The molecule has 3 aliphatic rings. The molecular weight excluding hydrogens is 362 g/mol. The Morgan fingerprint density at radius 1 is 1.21 bits per heavy atom. The minimum atomic E-state index is -0.267. The van der Waals surface area contributed by atoms with E-state index >= 15 is 0 Å². The Balaban J connectivity index is 1.27. The van der Waals surface area contributed by atoms with Gasteiger partial charge in [0, 0.05) is 12.5 Å². The lowest BCUT2D eigenvalue weighted by molar-refractivity contribution is 0.0923. The molecule has 0 radical (unpaired) electrons. The number of benzene rings is 1. The van der Waals surface area contributed by atoms with Crippen LogP contribution in [0.1, 0.15) is 40.9 Å². The summed E-state index contributed by atoms with van der Waals surface area (Å²) in [7, 11) is 0. The van der Waals surface area contributed by atoms with E-state index in [1.54, 1.807) is 6.20 Å². The largest absolute Gasteiger partial charge is 0.454 e. The third-order valence-corrected chi connectivity index (χ3v) is 5.52. The maximum Gasteiger partial charge on any atom is 0.274 e. The van der Waals surface area contributed by atoms with Crippen molar-refractivity contribution in [2.24, 2.45) is 0 Å². The first-order valence-corrected chi connectivity index (χ1v) is 9.59. The summed E-state index contributed by atoms with van der Waals surface area (Å²) in [5.74, 6) is 1.29. The molecule has 0 saturated carbocycles. The van der Waals surface area contributed by atoms with Crippen molar-refractivity contribution in [3.63, 3.8) is 0 Å².